The normalized spacial score (nSPS) is 10.4. The van der Waals surface area contributed by atoms with Crippen LogP contribution in [0, 0.1) is 0 Å². The number of ketones is 1. The van der Waals surface area contributed by atoms with E-state index in [4.69, 9.17) is 14.6 Å². The summed E-state index contributed by atoms with van der Waals surface area (Å²) in [6.07, 6.45) is 3.40. The molecule has 100 valence electrons. The molecule has 17 heavy (non-hydrogen) atoms. The minimum Gasteiger partial charge on any atom is -0.481 e. The van der Waals surface area contributed by atoms with Crippen LogP contribution in [0.1, 0.15) is 39.0 Å². The second kappa shape index (κ2) is 11.5. The molecule has 0 saturated carbocycles. The van der Waals surface area contributed by atoms with Gasteiger partial charge in [0, 0.05) is 19.6 Å². The van der Waals surface area contributed by atoms with E-state index in [0.29, 0.717) is 26.2 Å². The second-order valence-electron chi connectivity index (χ2n) is 3.88. The molecule has 0 saturated heterocycles. The van der Waals surface area contributed by atoms with E-state index in [-0.39, 0.29) is 18.8 Å². The fourth-order valence-corrected chi connectivity index (χ4v) is 1.16. The van der Waals surface area contributed by atoms with Crippen molar-refractivity contribution < 1.29 is 24.2 Å². The summed E-state index contributed by atoms with van der Waals surface area (Å²) in [5.74, 6) is -0.680. The number of rotatable bonds is 12. The number of ether oxygens (including phenoxy) is 2. The fraction of sp³-hybridized carbons (Fsp3) is 0.833. The molecule has 0 atom stereocenters. The lowest BCUT2D eigenvalue weighted by atomic mass is 10.2. The molecule has 0 fully saturated rings. The van der Waals surface area contributed by atoms with E-state index in [1.807, 2.05) is 0 Å². The Hall–Kier alpha value is -0.940. The maximum Gasteiger partial charge on any atom is 0.305 e. The molecule has 0 bridgehead atoms. The number of hydrogen-bond acceptors (Lipinski definition) is 4. The zero-order valence-electron chi connectivity index (χ0n) is 10.4. The standard InChI is InChI=1S/C12H22O5/c1-11(13)5-9-16-7-3-2-4-8-17-10-6-12(14)15/h2-10H2,1H3,(H,14,15). The van der Waals surface area contributed by atoms with E-state index in [1.165, 1.54) is 0 Å². The third-order valence-corrected chi connectivity index (χ3v) is 2.14. The van der Waals surface area contributed by atoms with Gasteiger partial charge in [-0.2, -0.15) is 0 Å². The van der Waals surface area contributed by atoms with Crippen molar-refractivity contribution >= 4 is 11.8 Å². The van der Waals surface area contributed by atoms with Crippen molar-refractivity contribution in [2.75, 3.05) is 26.4 Å². The van der Waals surface area contributed by atoms with Gasteiger partial charge in [-0.3, -0.25) is 9.59 Å². The van der Waals surface area contributed by atoms with E-state index >= 15 is 0 Å². The minimum atomic E-state index is -0.830. The maximum absolute atomic E-state index is 10.6. The average molecular weight is 246 g/mol. The van der Waals surface area contributed by atoms with Crippen LogP contribution >= 0.6 is 0 Å². The van der Waals surface area contributed by atoms with Crippen LogP contribution < -0.4 is 0 Å². The van der Waals surface area contributed by atoms with Crippen molar-refractivity contribution in [2.24, 2.45) is 0 Å². The van der Waals surface area contributed by atoms with Crippen LogP contribution in [-0.2, 0) is 19.1 Å². The Labute approximate surface area is 102 Å². The third kappa shape index (κ3) is 15.1. The first-order chi connectivity index (χ1) is 8.13. The van der Waals surface area contributed by atoms with Crippen molar-refractivity contribution in [1.29, 1.82) is 0 Å². The smallest absolute Gasteiger partial charge is 0.305 e. The van der Waals surface area contributed by atoms with Crippen LogP contribution in [0.4, 0.5) is 0 Å². The van der Waals surface area contributed by atoms with E-state index in [2.05, 4.69) is 0 Å². The van der Waals surface area contributed by atoms with Gasteiger partial charge < -0.3 is 14.6 Å². The molecule has 0 unspecified atom stereocenters. The summed E-state index contributed by atoms with van der Waals surface area (Å²) in [6, 6.07) is 0. The Kier molecular flexibility index (Phi) is 10.9. The summed E-state index contributed by atoms with van der Waals surface area (Å²) in [7, 11) is 0. The third-order valence-electron chi connectivity index (χ3n) is 2.14. The van der Waals surface area contributed by atoms with Crippen LogP contribution in [0.5, 0.6) is 0 Å². The number of carbonyl (C=O) groups is 2. The highest BCUT2D eigenvalue weighted by molar-refractivity contribution is 5.75. The van der Waals surface area contributed by atoms with Crippen molar-refractivity contribution in [2.45, 2.75) is 39.0 Å². The molecule has 0 aromatic carbocycles. The Morgan fingerprint density at radius 2 is 1.41 bits per heavy atom. The molecule has 0 spiro atoms. The Morgan fingerprint density at radius 3 is 1.88 bits per heavy atom. The molecular weight excluding hydrogens is 224 g/mol. The van der Waals surface area contributed by atoms with Gasteiger partial charge in [-0.25, -0.2) is 0 Å². The lowest BCUT2D eigenvalue weighted by Crippen LogP contribution is -2.04. The minimum absolute atomic E-state index is 0.0636. The largest absolute Gasteiger partial charge is 0.481 e. The summed E-state index contributed by atoms with van der Waals surface area (Å²) in [4.78, 5) is 20.8. The van der Waals surface area contributed by atoms with Crippen molar-refractivity contribution in [3.8, 4) is 0 Å². The van der Waals surface area contributed by atoms with E-state index in [9.17, 15) is 9.59 Å². The first kappa shape index (κ1) is 16.1. The van der Waals surface area contributed by atoms with Crippen molar-refractivity contribution in [1.82, 2.24) is 0 Å². The lowest BCUT2D eigenvalue weighted by Gasteiger charge is -2.04. The fourth-order valence-electron chi connectivity index (χ4n) is 1.16. The summed E-state index contributed by atoms with van der Waals surface area (Å²) in [5.41, 5.74) is 0. The number of Topliss-reactive ketones (excluding diaryl/α,β-unsaturated/α-hetero) is 1. The average Bonchev–Trinajstić information content (AvgIpc) is 2.25. The molecular formula is C12H22O5. The van der Waals surface area contributed by atoms with Gasteiger partial charge in [0.15, 0.2) is 0 Å². The van der Waals surface area contributed by atoms with Crippen molar-refractivity contribution in [3.05, 3.63) is 0 Å². The molecule has 0 aliphatic carbocycles. The lowest BCUT2D eigenvalue weighted by molar-refractivity contribution is -0.138. The predicted molar refractivity (Wildman–Crippen MR) is 63.0 cm³/mol. The van der Waals surface area contributed by atoms with Crippen LogP contribution in [-0.4, -0.2) is 43.3 Å². The number of unbranched alkanes of at least 4 members (excludes halogenated alkanes) is 2. The molecule has 5 heteroatoms. The molecule has 1 N–H and O–H groups in total. The van der Waals surface area contributed by atoms with Gasteiger partial charge in [0.2, 0.25) is 0 Å². The van der Waals surface area contributed by atoms with Gasteiger partial charge in [-0.1, -0.05) is 0 Å². The molecule has 0 radical (unpaired) electrons. The zero-order chi connectivity index (χ0) is 12.9. The van der Waals surface area contributed by atoms with Gasteiger partial charge in [0.05, 0.1) is 19.6 Å². The molecule has 0 heterocycles. The monoisotopic (exact) mass is 246 g/mol. The van der Waals surface area contributed by atoms with E-state index in [1.54, 1.807) is 6.92 Å². The highest BCUT2D eigenvalue weighted by atomic mass is 16.5. The first-order valence-electron chi connectivity index (χ1n) is 5.99. The number of hydrogen-bond donors (Lipinski definition) is 1. The van der Waals surface area contributed by atoms with Crippen LogP contribution in [0.3, 0.4) is 0 Å². The highest BCUT2D eigenvalue weighted by Crippen LogP contribution is 1.97. The van der Waals surface area contributed by atoms with Gasteiger partial charge in [0.1, 0.15) is 5.78 Å². The first-order valence-corrected chi connectivity index (χ1v) is 5.99. The molecule has 5 nitrogen and oxygen atoms in total. The predicted octanol–water partition coefficient (Wildman–Crippen LogP) is 1.64. The van der Waals surface area contributed by atoms with Gasteiger partial charge >= 0.3 is 5.97 Å². The summed E-state index contributed by atoms with van der Waals surface area (Å²) in [5, 5.41) is 8.36. The van der Waals surface area contributed by atoms with Gasteiger partial charge in [0.25, 0.3) is 0 Å². The molecule has 0 aliphatic heterocycles. The summed E-state index contributed by atoms with van der Waals surface area (Å²) >= 11 is 0. The molecule has 0 rings (SSSR count). The van der Waals surface area contributed by atoms with Crippen LogP contribution in [0.15, 0.2) is 0 Å². The van der Waals surface area contributed by atoms with E-state index < -0.39 is 5.97 Å². The highest BCUT2D eigenvalue weighted by Gasteiger charge is 1.97. The number of carboxylic acids is 1. The molecule has 0 aromatic rings. The SMILES string of the molecule is CC(=O)CCOCCCCCOCCC(=O)O. The number of carboxylic acid groups (broad SMARTS) is 1. The zero-order valence-corrected chi connectivity index (χ0v) is 10.4. The van der Waals surface area contributed by atoms with Gasteiger partial charge in [-0.15, -0.1) is 0 Å². The second-order valence-corrected chi connectivity index (χ2v) is 3.88. The van der Waals surface area contributed by atoms with Crippen LogP contribution in [0.2, 0.25) is 0 Å². The van der Waals surface area contributed by atoms with Crippen molar-refractivity contribution in [3.63, 3.8) is 0 Å². The molecule has 0 aromatic heterocycles. The quantitative estimate of drug-likeness (QED) is 0.530. The van der Waals surface area contributed by atoms with Crippen LogP contribution in [0.25, 0.3) is 0 Å². The number of aliphatic carboxylic acids is 1. The van der Waals surface area contributed by atoms with Gasteiger partial charge in [-0.05, 0) is 26.2 Å². The van der Waals surface area contributed by atoms with E-state index in [0.717, 1.165) is 19.3 Å². The Morgan fingerprint density at radius 1 is 0.882 bits per heavy atom. The summed E-state index contributed by atoms with van der Waals surface area (Å²) in [6.45, 7) is 3.61. The maximum atomic E-state index is 10.6. The Balaban J connectivity index is 2.98. The molecule has 0 aliphatic rings. The number of carbonyl (C=O) groups excluding carboxylic acids is 1. The topological polar surface area (TPSA) is 72.8 Å². The summed E-state index contributed by atoms with van der Waals surface area (Å²) < 4.78 is 10.4. The molecule has 0 amide bonds. The Bertz CT molecular complexity index is 193.